The van der Waals surface area contributed by atoms with Gasteiger partial charge in [-0.05, 0) is 36.4 Å². The molecule has 0 saturated carbocycles. The number of carbonyl (C=O) groups excluding carboxylic acids is 2. The fraction of sp³-hybridized carbons (Fsp3) is 0.333. The maximum absolute atomic E-state index is 12.9. The standard InChI is InChI=1S/C21H23N3O3/c1-27-18-9-7-17(8-10-18)24-20(25)15-19(21(24)26)23-13-11-22(12-14-23)16-5-3-2-4-6-16/h2-10,19H,11-15H2,1H3/t19-/m0/s1. The van der Waals surface area contributed by atoms with Crippen LogP contribution in [0.1, 0.15) is 6.42 Å². The number of carbonyl (C=O) groups is 2. The summed E-state index contributed by atoms with van der Waals surface area (Å²) in [5.41, 5.74) is 1.81. The minimum absolute atomic E-state index is 0.127. The minimum atomic E-state index is -0.363. The van der Waals surface area contributed by atoms with Crippen LogP contribution in [0.15, 0.2) is 54.6 Å². The van der Waals surface area contributed by atoms with Gasteiger partial charge in [-0.25, -0.2) is 4.90 Å². The largest absolute Gasteiger partial charge is 0.497 e. The summed E-state index contributed by atoms with van der Waals surface area (Å²) in [7, 11) is 1.59. The Balaban J connectivity index is 1.43. The molecule has 0 spiro atoms. The van der Waals surface area contributed by atoms with E-state index in [4.69, 9.17) is 4.74 Å². The SMILES string of the molecule is COc1ccc(N2C(=O)C[C@H](N3CCN(c4ccccc4)CC3)C2=O)cc1. The zero-order valence-electron chi connectivity index (χ0n) is 15.4. The molecule has 140 valence electrons. The first kappa shape index (κ1) is 17.5. The number of methoxy groups -OCH3 is 1. The molecule has 2 aliphatic heterocycles. The van der Waals surface area contributed by atoms with Crippen LogP contribution < -0.4 is 14.5 Å². The zero-order valence-corrected chi connectivity index (χ0v) is 15.4. The summed E-state index contributed by atoms with van der Waals surface area (Å²) in [6, 6.07) is 17.0. The van der Waals surface area contributed by atoms with Crippen molar-refractivity contribution in [2.24, 2.45) is 0 Å². The summed E-state index contributed by atoms with van der Waals surface area (Å²) >= 11 is 0. The molecule has 6 nitrogen and oxygen atoms in total. The Hall–Kier alpha value is -2.86. The predicted molar refractivity (Wildman–Crippen MR) is 104 cm³/mol. The van der Waals surface area contributed by atoms with Crippen molar-refractivity contribution in [2.45, 2.75) is 12.5 Å². The van der Waals surface area contributed by atoms with E-state index in [-0.39, 0.29) is 24.3 Å². The van der Waals surface area contributed by atoms with Crippen molar-refractivity contribution in [3.63, 3.8) is 0 Å². The quantitative estimate of drug-likeness (QED) is 0.777. The van der Waals surface area contributed by atoms with Crippen molar-refractivity contribution in [3.8, 4) is 5.75 Å². The van der Waals surface area contributed by atoms with E-state index in [2.05, 4.69) is 21.9 Å². The van der Waals surface area contributed by atoms with Gasteiger partial charge in [0.2, 0.25) is 5.91 Å². The van der Waals surface area contributed by atoms with Gasteiger partial charge in [-0.15, -0.1) is 0 Å². The van der Waals surface area contributed by atoms with Gasteiger partial charge in [0.25, 0.3) is 5.91 Å². The van der Waals surface area contributed by atoms with Crippen LogP contribution in [-0.2, 0) is 9.59 Å². The Morgan fingerprint density at radius 1 is 0.852 bits per heavy atom. The van der Waals surface area contributed by atoms with E-state index in [0.29, 0.717) is 11.4 Å². The van der Waals surface area contributed by atoms with Crippen LogP contribution in [-0.4, -0.2) is 56.0 Å². The first-order valence-corrected chi connectivity index (χ1v) is 9.22. The molecule has 0 N–H and O–H groups in total. The Labute approximate surface area is 158 Å². The van der Waals surface area contributed by atoms with E-state index in [1.54, 1.807) is 31.4 Å². The molecule has 2 fully saturated rings. The van der Waals surface area contributed by atoms with Gasteiger partial charge in [0.1, 0.15) is 5.75 Å². The predicted octanol–water partition coefficient (Wildman–Crippen LogP) is 2.15. The van der Waals surface area contributed by atoms with Gasteiger partial charge in [0.05, 0.1) is 25.3 Å². The molecule has 2 saturated heterocycles. The van der Waals surface area contributed by atoms with Crippen LogP contribution in [0.3, 0.4) is 0 Å². The number of imide groups is 1. The van der Waals surface area contributed by atoms with Gasteiger partial charge in [0.15, 0.2) is 0 Å². The summed E-state index contributed by atoms with van der Waals surface area (Å²) in [5.74, 6) is 0.436. The van der Waals surface area contributed by atoms with Gasteiger partial charge in [-0.2, -0.15) is 0 Å². The van der Waals surface area contributed by atoms with Crippen LogP contribution in [0.4, 0.5) is 11.4 Å². The number of nitrogens with zero attached hydrogens (tertiary/aromatic N) is 3. The number of rotatable bonds is 4. The topological polar surface area (TPSA) is 53.1 Å². The molecule has 6 heteroatoms. The Morgan fingerprint density at radius 3 is 2.15 bits per heavy atom. The molecule has 0 radical (unpaired) electrons. The third kappa shape index (κ3) is 3.40. The molecule has 27 heavy (non-hydrogen) atoms. The molecule has 2 aromatic carbocycles. The Kier molecular flexibility index (Phi) is 4.81. The summed E-state index contributed by atoms with van der Waals surface area (Å²) < 4.78 is 5.15. The highest BCUT2D eigenvalue weighted by atomic mass is 16.5. The number of hydrogen-bond acceptors (Lipinski definition) is 5. The van der Waals surface area contributed by atoms with Crippen molar-refractivity contribution in [2.75, 3.05) is 43.1 Å². The normalized spacial score (nSPS) is 21.0. The van der Waals surface area contributed by atoms with E-state index >= 15 is 0 Å². The van der Waals surface area contributed by atoms with Crippen LogP contribution in [0.5, 0.6) is 5.75 Å². The third-order valence-electron chi connectivity index (χ3n) is 5.33. The molecule has 2 aliphatic rings. The van der Waals surface area contributed by atoms with Crippen molar-refractivity contribution >= 4 is 23.2 Å². The minimum Gasteiger partial charge on any atom is -0.497 e. The Bertz CT molecular complexity index is 814. The summed E-state index contributed by atoms with van der Waals surface area (Å²) in [6.07, 6.45) is 0.246. The molecule has 0 unspecified atom stereocenters. The second-order valence-corrected chi connectivity index (χ2v) is 6.84. The maximum atomic E-state index is 12.9. The lowest BCUT2D eigenvalue weighted by Gasteiger charge is -2.38. The first-order chi connectivity index (χ1) is 13.2. The monoisotopic (exact) mass is 365 g/mol. The van der Waals surface area contributed by atoms with Gasteiger partial charge >= 0.3 is 0 Å². The highest BCUT2D eigenvalue weighted by Crippen LogP contribution is 2.28. The average molecular weight is 365 g/mol. The molecule has 0 aliphatic carbocycles. The van der Waals surface area contributed by atoms with E-state index in [1.807, 2.05) is 18.2 Å². The number of para-hydroxylation sites is 1. The molecular formula is C21H23N3O3. The van der Waals surface area contributed by atoms with Crippen molar-refractivity contribution in [1.82, 2.24) is 4.90 Å². The van der Waals surface area contributed by atoms with Crippen molar-refractivity contribution in [3.05, 3.63) is 54.6 Å². The zero-order chi connectivity index (χ0) is 18.8. The molecule has 1 atom stereocenters. The molecule has 2 heterocycles. The lowest BCUT2D eigenvalue weighted by Crippen LogP contribution is -2.52. The number of benzene rings is 2. The van der Waals surface area contributed by atoms with Gasteiger partial charge in [-0.1, -0.05) is 18.2 Å². The molecule has 4 rings (SSSR count). The fourth-order valence-electron chi connectivity index (χ4n) is 3.83. The second-order valence-electron chi connectivity index (χ2n) is 6.84. The lowest BCUT2D eigenvalue weighted by molar-refractivity contribution is -0.123. The highest BCUT2D eigenvalue weighted by Gasteiger charge is 2.43. The fourth-order valence-corrected chi connectivity index (χ4v) is 3.83. The van der Waals surface area contributed by atoms with E-state index in [1.165, 1.54) is 10.6 Å². The van der Waals surface area contributed by atoms with Crippen LogP contribution in [0.25, 0.3) is 0 Å². The number of piperazine rings is 1. The summed E-state index contributed by atoms with van der Waals surface area (Å²) in [5, 5.41) is 0. The van der Waals surface area contributed by atoms with Crippen LogP contribution in [0, 0.1) is 0 Å². The summed E-state index contributed by atoms with van der Waals surface area (Å²) in [4.78, 5) is 31.2. The second kappa shape index (κ2) is 7.40. The van der Waals surface area contributed by atoms with Crippen LogP contribution in [0.2, 0.25) is 0 Å². The highest BCUT2D eigenvalue weighted by molar-refractivity contribution is 6.22. The Morgan fingerprint density at radius 2 is 1.52 bits per heavy atom. The van der Waals surface area contributed by atoms with Crippen molar-refractivity contribution in [1.29, 1.82) is 0 Å². The number of hydrogen-bond donors (Lipinski definition) is 0. The van der Waals surface area contributed by atoms with Crippen molar-refractivity contribution < 1.29 is 14.3 Å². The summed E-state index contributed by atoms with van der Waals surface area (Å²) in [6.45, 7) is 3.25. The van der Waals surface area contributed by atoms with Gasteiger partial charge < -0.3 is 9.64 Å². The maximum Gasteiger partial charge on any atom is 0.251 e. The van der Waals surface area contributed by atoms with E-state index in [0.717, 1.165) is 26.2 Å². The van der Waals surface area contributed by atoms with Crippen LogP contribution >= 0.6 is 0 Å². The number of amides is 2. The number of anilines is 2. The average Bonchev–Trinajstić information content (AvgIpc) is 3.03. The third-order valence-corrected chi connectivity index (χ3v) is 5.33. The number of ether oxygens (including phenoxy) is 1. The lowest BCUT2D eigenvalue weighted by atomic mass is 10.1. The smallest absolute Gasteiger partial charge is 0.251 e. The first-order valence-electron chi connectivity index (χ1n) is 9.22. The van der Waals surface area contributed by atoms with E-state index in [9.17, 15) is 9.59 Å². The molecule has 2 amide bonds. The van der Waals surface area contributed by atoms with Gasteiger partial charge in [0, 0.05) is 31.9 Å². The molecule has 2 aromatic rings. The molecular weight excluding hydrogens is 342 g/mol. The van der Waals surface area contributed by atoms with E-state index < -0.39 is 0 Å². The molecule has 0 aromatic heterocycles. The molecule has 0 bridgehead atoms. The van der Waals surface area contributed by atoms with Gasteiger partial charge in [-0.3, -0.25) is 14.5 Å².